The van der Waals surface area contributed by atoms with E-state index >= 15 is 0 Å². The molecule has 0 fully saturated rings. The number of carbonyl (C=O) groups excluding carboxylic acids is 2. The summed E-state index contributed by atoms with van der Waals surface area (Å²) in [5.41, 5.74) is 1.45. The molecule has 0 atom stereocenters. The average Bonchev–Trinajstić information content (AvgIpc) is 2.73. The number of aryl methyl sites for hydroxylation is 1. The summed E-state index contributed by atoms with van der Waals surface area (Å²) in [6, 6.07) is 14.9. The molecular formula is C21H20N2O5. The summed E-state index contributed by atoms with van der Waals surface area (Å²) in [6.45, 7) is 1.85. The van der Waals surface area contributed by atoms with E-state index in [1.54, 1.807) is 25.1 Å². The van der Waals surface area contributed by atoms with Crippen LogP contribution >= 0.6 is 0 Å². The molecule has 0 saturated carbocycles. The van der Waals surface area contributed by atoms with Crippen molar-refractivity contribution in [1.29, 1.82) is 0 Å². The summed E-state index contributed by atoms with van der Waals surface area (Å²) in [6.07, 6.45) is 0. The molecule has 0 aliphatic rings. The van der Waals surface area contributed by atoms with Crippen LogP contribution in [0.1, 0.15) is 21.7 Å². The van der Waals surface area contributed by atoms with Crippen molar-refractivity contribution in [2.45, 2.75) is 13.5 Å². The Kier molecular flexibility index (Phi) is 5.74. The molecule has 2 N–H and O–H groups in total. The Labute approximate surface area is 161 Å². The minimum atomic E-state index is -0.655. The van der Waals surface area contributed by atoms with Gasteiger partial charge in [0.25, 0.3) is 5.91 Å². The van der Waals surface area contributed by atoms with Gasteiger partial charge in [-0.1, -0.05) is 30.3 Å². The van der Waals surface area contributed by atoms with E-state index in [4.69, 9.17) is 4.74 Å². The first-order chi connectivity index (χ1) is 13.5. The summed E-state index contributed by atoms with van der Waals surface area (Å²) in [7, 11) is 1.22. The molecule has 3 rings (SSSR count). The fourth-order valence-corrected chi connectivity index (χ4v) is 2.73. The maximum Gasteiger partial charge on any atom is 0.325 e. The molecule has 0 unspecified atom stereocenters. The summed E-state index contributed by atoms with van der Waals surface area (Å²) in [5, 5.41) is 14.0. The zero-order chi connectivity index (χ0) is 20.1. The first kappa shape index (κ1) is 19.2. The third-order valence-corrected chi connectivity index (χ3v) is 4.22. The van der Waals surface area contributed by atoms with Gasteiger partial charge < -0.3 is 19.9 Å². The van der Waals surface area contributed by atoms with E-state index in [2.05, 4.69) is 15.0 Å². The second kappa shape index (κ2) is 8.39. The lowest BCUT2D eigenvalue weighted by Crippen LogP contribution is -2.30. The van der Waals surface area contributed by atoms with Crippen LogP contribution in [-0.4, -0.2) is 35.6 Å². The molecule has 7 heteroatoms. The Morgan fingerprint density at radius 2 is 1.86 bits per heavy atom. The molecule has 28 heavy (non-hydrogen) atoms. The second-order valence-electron chi connectivity index (χ2n) is 6.13. The van der Waals surface area contributed by atoms with Crippen LogP contribution in [0.25, 0.3) is 10.8 Å². The Morgan fingerprint density at radius 3 is 2.57 bits per heavy atom. The standard InChI is InChI=1S/C21H20N2O5/c1-13-17-10-15(28-12-14-6-4-3-5-7-14)8-9-16(17)20(25)19(23-13)21(26)22-11-18(24)27-2/h3-10,25H,11-12H2,1-2H3,(H,22,26). The molecule has 1 aromatic heterocycles. The van der Waals surface area contributed by atoms with Crippen molar-refractivity contribution < 1.29 is 24.2 Å². The summed E-state index contributed by atoms with van der Waals surface area (Å²) < 4.78 is 10.3. The number of hydrogen-bond donors (Lipinski definition) is 2. The molecular weight excluding hydrogens is 360 g/mol. The Hall–Kier alpha value is -3.61. The number of carbonyl (C=O) groups is 2. The number of aromatic nitrogens is 1. The fourth-order valence-electron chi connectivity index (χ4n) is 2.73. The van der Waals surface area contributed by atoms with E-state index in [1.165, 1.54) is 7.11 Å². The minimum absolute atomic E-state index is 0.146. The van der Waals surface area contributed by atoms with Gasteiger partial charge >= 0.3 is 5.97 Å². The fraction of sp³-hybridized carbons (Fsp3) is 0.190. The van der Waals surface area contributed by atoms with E-state index in [0.29, 0.717) is 28.8 Å². The highest BCUT2D eigenvalue weighted by Gasteiger charge is 2.19. The number of nitrogens with zero attached hydrogens (tertiary/aromatic N) is 1. The third-order valence-electron chi connectivity index (χ3n) is 4.22. The van der Waals surface area contributed by atoms with Crippen molar-refractivity contribution >= 4 is 22.6 Å². The molecule has 2 aromatic carbocycles. The lowest BCUT2D eigenvalue weighted by atomic mass is 10.1. The number of fused-ring (bicyclic) bond motifs is 1. The van der Waals surface area contributed by atoms with Crippen LogP contribution < -0.4 is 10.1 Å². The van der Waals surface area contributed by atoms with E-state index in [9.17, 15) is 14.7 Å². The van der Waals surface area contributed by atoms with Crippen LogP contribution in [0.15, 0.2) is 48.5 Å². The first-order valence-electron chi connectivity index (χ1n) is 8.64. The quantitative estimate of drug-likeness (QED) is 0.638. The highest BCUT2D eigenvalue weighted by atomic mass is 16.5. The van der Waals surface area contributed by atoms with Crippen molar-refractivity contribution in [3.05, 3.63) is 65.5 Å². The van der Waals surface area contributed by atoms with Gasteiger partial charge in [0, 0.05) is 16.5 Å². The van der Waals surface area contributed by atoms with Crippen molar-refractivity contribution in [1.82, 2.24) is 10.3 Å². The van der Waals surface area contributed by atoms with Crippen LogP contribution in [-0.2, 0) is 16.1 Å². The molecule has 3 aromatic rings. The molecule has 0 aliphatic heterocycles. The van der Waals surface area contributed by atoms with Gasteiger partial charge in [-0.3, -0.25) is 9.59 Å². The van der Waals surface area contributed by atoms with Crippen LogP contribution in [0.2, 0.25) is 0 Å². The number of nitrogens with one attached hydrogen (secondary N) is 1. The second-order valence-corrected chi connectivity index (χ2v) is 6.13. The average molecular weight is 380 g/mol. The summed E-state index contributed by atoms with van der Waals surface area (Å²) in [5.74, 6) is -0.871. The number of ether oxygens (including phenoxy) is 2. The van der Waals surface area contributed by atoms with Gasteiger partial charge in [-0.2, -0.15) is 0 Å². The van der Waals surface area contributed by atoms with E-state index in [0.717, 1.165) is 5.56 Å². The van der Waals surface area contributed by atoms with Crippen molar-refractivity contribution in [2.75, 3.05) is 13.7 Å². The zero-order valence-corrected chi connectivity index (χ0v) is 15.6. The topological polar surface area (TPSA) is 97.8 Å². The highest BCUT2D eigenvalue weighted by molar-refractivity contribution is 6.03. The Bertz CT molecular complexity index is 1020. The summed E-state index contributed by atoms with van der Waals surface area (Å²) >= 11 is 0. The lowest BCUT2D eigenvalue weighted by Gasteiger charge is -2.12. The van der Waals surface area contributed by atoms with Gasteiger partial charge in [0.15, 0.2) is 11.4 Å². The van der Waals surface area contributed by atoms with Gasteiger partial charge in [0.05, 0.1) is 7.11 Å². The Balaban J connectivity index is 1.84. The number of methoxy groups -OCH3 is 1. The van der Waals surface area contributed by atoms with Crippen LogP contribution in [0.3, 0.4) is 0 Å². The van der Waals surface area contributed by atoms with Crippen molar-refractivity contribution in [3.63, 3.8) is 0 Å². The number of hydrogen-bond acceptors (Lipinski definition) is 6. The number of pyridine rings is 1. The van der Waals surface area contributed by atoms with Crippen molar-refractivity contribution in [2.24, 2.45) is 0 Å². The number of amides is 1. The van der Waals surface area contributed by atoms with Gasteiger partial charge in [0.2, 0.25) is 0 Å². The normalized spacial score (nSPS) is 10.5. The van der Waals surface area contributed by atoms with Gasteiger partial charge in [-0.05, 0) is 30.7 Å². The predicted molar refractivity (Wildman–Crippen MR) is 103 cm³/mol. The molecule has 0 bridgehead atoms. The maximum absolute atomic E-state index is 12.2. The molecule has 1 heterocycles. The molecule has 0 saturated heterocycles. The molecule has 144 valence electrons. The van der Waals surface area contributed by atoms with E-state index < -0.39 is 11.9 Å². The molecule has 1 amide bonds. The SMILES string of the molecule is COC(=O)CNC(=O)c1nc(C)c2cc(OCc3ccccc3)ccc2c1O. The molecule has 0 spiro atoms. The van der Waals surface area contributed by atoms with Gasteiger partial charge in [-0.25, -0.2) is 4.98 Å². The maximum atomic E-state index is 12.2. The number of aromatic hydroxyl groups is 1. The van der Waals surface area contributed by atoms with E-state index in [1.807, 2.05) is 30.3 Å². The first-order valence-corrected chi connectivity index (χ1v) is 8.64. The van der Waals surface area contributed by atoms with Gasteiger partial charge in [0.1, 0.15) is 18.9 Å². The van der Waals surface area contributed by atoms with Crippen LogP contribution in [0.5, 0.6) is 11.5 Å². The molecule has 7 nitrogen and oxygen atoms in total. The minimum Gasteiger partial charge on any atom is -0.505 e. The monoisotopic (exact) mass is 380 g/mol. The molecule has 0 aliphatic carbocycles. The smallest absolute Gasteiger partial charge is 0.325 e. The molecule has 0 radical (unpaired) electrons. The number of rotatable bonds is 6. The number of benzene rings is 2. The Morgan fingerprint density at radius 1 is 1.11 bits per heavy atom. The van der Waals surface area contributed by atoms with Crippen LogP contribution in [0, 0.1) is 6.92 Å². The third kappa shape index (κ3) is 4.20. The van der Waals surface area contributed by atoms with Crippen LogP contribution in [0.4, 0.5) is 0 Å². The highest BCUT2D eigenvalue weighted by Crippen LogP contribution is 2.32. The van der Waals surface area contributed by atoms with Crippen molar-refractivity contribution in [3.8, 4) is 11.5 Å². The zero-order valence-electron chi connectivity index (χ0n) is 15.6. The lowest BCUT2D eigenvalue weighted by molar-refractivity contribution is -0.139. The predicted octanol–water partition coefficient (Wildman–Crippen LogP) is 2.73. The number of esters is 1. The summed E-state index contributed by atoms with van der Waals surface area (Å²) in [4.78, 5) is 27.6. The van der Waals surface area contributed by atoms with Gasteiger partial charge in [-0.15, -0.1) is 0 Å². The largest absolute Gasteiger partial charge is 0.505 e. The van der Waals surface area contributed by atoms with E-state index in [-0.39, 0.29) is 18.0 Å².